The van der Waals surface area contributed by atoms with E-state index >= 15 is 0 Å². The average molecular weight is 340 g/mol. The van der Waals surface area contributed by atoms with Gasteiger partial charge in [-0.05, 0) is 74.7 Å². The van der Waals surface area contributed by atoms with Crippen LogP contribution in [0.3, 0.4) is 0 Å². The second-order valence-electron chi connectivity index (χ2n) is 6.28. The number of thiocarbonyl (C=S) groups is 1. The summed E-state index contributed by atoms with van der Waals surface area (Å²) in [6.45, 7) is 2.10. The number of nitrogens with one attached hydrogen (secondary N) is 2. The van der Waals surface area contributed by atoms with Crippen LogP contribution in [0.4, 0.5) is 5.69 Å². The molecule has 3 nitrogen and oxygen atoms in total. The molecule has 3 rings (SSSR count). The van der Waals surface area contributed by atoms with E-state index in [0.29, 0.717) is 11.2 Å². The molecule has 0 saturated heterocycles. The van der Waals surface area contributed by atoms with Crippen LogP contribution in [-0.2, 0) is 0 Å². The Balaban J connectivity index is 1.50. The minimum atomic E-state index is 0.163. The molecule has 0 aliphatic heterocycles. The Morgan fingerprint density at radius 2 is 1.71 bits per heavy atom. The molecule has 2 aromatic rings. The van der Waals surface area contributed by atoms with Crippen molar-refractivity contribution in [2.24, 2.45) is 0 Å². The Hall–Kier alpha value is -2.07. The highest BCUT2D eigenvalue weighted by Gasteiger charge is 2.16. The minimum Gasteiger partial charge on any atom is -0.490 e. The molecule has 0 heterocycles. The van der Waals surface area contributed by atoms with Crippen LogP contribution in [0.1, 0.15) is 44.2 Å². The summed E-state index contributed by atoms with van der Waals surface area (Å²) in [5, 5.41) is 7.16. The summed E-state index contributed by atoms with van der Waals surface area (Å²) in [7, 11) is 0. The molecule has 0 unspecified atom stereocenters. The molecule has 1 aliphatic rings. The van der Waals surface area contributed by atoms with Crippen LogP contribution in [0.5, 0.6) is 5.75 Å². The van der Waals surface area contributed by atoms with Gasteiger partial charge in [0.2, 0.25) is 0 Å². The van der Waals surface area contributed by atoms with Gasteiger partial charge in [-0.2, -0.15) is 0 Å². The first-order chi connectivity index (χ1) is 11.7. The Kier molecular flexibility index (Phi) is 5.70. The van der Waals surface area contributed by atoms with E-state index in [0.717, 1.165) is 11.4 Å². The van der Waals surface area contributed by atoms with Gasteiger partial charge in [-0.1, -0.05) is 30.3 Å². The van der Waals surface area contributed by atoms with E-state index in [4.69, 9.17) is 17.0 Å². The Labute approximate surface area is 149 Å². The van der Waals surface area contributed by atoms with Crippen LogP contribution in [0.25, 0.3) is 0 Å². The summed E-state index contributed by atoms with van der Waals surface area (Å²) in [5.41, 5.74) is 2.17. The summed E-state index contributed by atoms with van der Waals surface area (Å²) in [6, 6.07) is 18.5. The summed E-state index contributed by atoms with van der Waals surface area (Å²) in [5.74, 6) is 0.934. The van der Waals surface area contributed by atoms with Crippen molar-refractivity contribution in [2.75, 3.05) is 5.32 Å². The van der Waals surface area contributed by atoms with Gasteiger partial charge in [0.1, 0.15) is 5.75 Å². The Morgan fingerprint density at radius 1 is 1.04 bits per heavy atom. The lowest BCUT2D eigenvalue weighted by Crippen LogP contribution is -2.30. The van der Waals surface area contributed by atoms with Crippen molar-refractivity contribution < 1.29 is 4.74 Å². The van der Waals surface area contributed by atoms with Crippen LogP contribution < -0.4 is 15.4 Å². The summed E-state index contributed by atoms with van der Waals surface area (Å²) in [6.07, 6.45) is 5.29. The molecule has 24 heavy (non-hydrogen) atoms. The maximum Gasteiger partial charge on any atom is 0.171 e. The first kappa shape index (κ1) is 16.8. The van der Waals surface area contributed by atoms with Crippen LogP contribution in [0.2, 0.25) is 0 Å². The van der Waals surface area contributed by atoms with E-state index in [9.17, 15) is 0 Å². The van der Waals surface area contributed by atoms with Crippen LogP contribution in [0.15, 0.2) is 54.6 Å². The maximum absolute atomic E-state index is 5.98. The van der Waals surface area contributed by atoms with Crippen molar-refractivity contribution in [3.8, 4) is 5.75 Å². The predicted molar refractivity (Wildman–Crippen MR) is 104 cm³/mol. The third-order valence-corrected chi connectivity index (χ3v) is 4.58. The Bertz CT molecular complexity index is 651. The number of benzene rings is 2. The molecule has 4 heteroatoms. The number of rotatable bonds is 5. The first-order valence-electron chi connectivity index (χ1n) is 8.60. The fourth-order valence-electron chi connectivity index (χ4n) is 3.00. The van der Waals surface area contributed by atoms with E-state index in [1.165, 1.54) is 31.2 Å². The second-order valence-corrected chi connectivity index (χ2v) is 6.69. The normalized spacial score (nSPS) is 15.7. The predicted octanol–water partition coefficient (Wildman–Crippen LogP) is 5.06. The minimum absolute atomic E-state index is 0.163. The maximum atomic E-state index is 5.98. The van der Waals surface area contributed by atoms with Crippen molar-refractivity contribution in [1.82, 2.24) is 5.32 Å². The van der Waals surface area contributed by atoms with Crippen molar-refractivity contribution in [2.45, 2.75) is 44.8 Å². The second kappa shape index (κ2) is 8.15. The van der Waals surface area contributed by atoms with Gasteiger partial charge in [-0.25, -0.2) is 0 Å². The summed E-state index contributed by atoms with van der Waals surface area (Å²) in [4.78, 5) is 0. The van der Waals surface area contributed by atoms with Crippen molar-refractivity contribution in [1.29, 1.82) is 0 Å². The number of ether oxygens (including phenoxy) is 1. The highest BCUT2D eigenvalue weighted by Crippen LogP contribution is 2.25. The van der Waals surface area contributed by atoms with Crippen molar-refractivity contribution >= 4 is 23.0 Å². The molecule has 2 N–H and O–H groups in total. The van der Waals surface area contributed by atoms with Gasteiger partial charge in [0.15, 0.2) is 5.11 Å². The van der Waals surface area contributed by atoms with Gasteiger partial charge in [0.05, 0.1) is 12.1 Å². The van der Waals surface area contributed by atoms with Gasteiger partial charge in [-0.3, -0.25) is 0 Å². The molecular weight excluding hydrogens is 316 g/mol. The highest BCUT2D eigenvalue weighted by atomic mass is 32.1. The lowest BCUT2D eigenvalue weighted by atomic mass is 10.1. The molecule has 0 amide bonds. The molecule has 0 spiro atoms. The fraction of sp³-hybridized carbons (Fsp3) is 0.350. The van der Waals surface area contributed by atoms with Crippen molar-refractivity contribution in [3.05, 3.63) is 60.2 Å². The van der Waals surface area contributed by atoms with Crippen LogP contribution >= 0.6 is 12.2 Å². The van der Waals surface area contributed by atoms with E-state index in [2.05, 4.69) is 29.7 Å². The van der Waals surface area contributed by atoms with E-state index in [-0.39, 0.29) is 6.04 Å². The van der Waals surface area contributed by atoms with Gasteiger partial charge < -0.3 is 15.4 Å². The van der Waals surface area contributed by atoms with Crippen LogP contribution in [-0.4, -0.2) is 11.2 Å². The fourth-order valence-corrected chi connectivity index (χ4v) is 3.30. The topological polar surface area (TPSA) is 33.3 Å². The zero-order chi connectivity index (χ0) is 16.8. The van der Waals surface area contributed by atoms with Gasteiger partial charge in [0, 0.05) is 5.69 Å². The quantitative estimate of drug-likeness (QED) is 0.746. The monoisotopic (exact) mass is 340 g/mol. The van der Waals surface area contributed by atoms with E-state index in [1.54, 1.807) is 0 Å². The molecular formula is C20H24N2OS. The van der Waals surface area contributed by atoms with Gasteiger partial charge in [0.25, 0.3) is 0 Å². The smallest absolute Gasteiger partial charge is 0.171 e. The molecule has 126 valence electrons. The molecule has 1 saturated carbocycles. The molecule has 1 aliphatic carbocycles. The standard InChI is InChI=1S/C20H24N2OS/c1-15(16-7-3-2-4-8-16)21-20(24)22-17-11-13-19(14-12-17)23-18-9-5-6-10-18/h2-4,7-8,11-15,18H,5-6,9-10H2,1H3,(H2,21,22,24)/t15-/m1/s1. The molecule has 0 radical (unpaired) electrons. The number of anilines is 1. The van der Waals surface area contributed by atoms with E-state index in [1.807, 2.05) is 42.5 Å². The third kappa shape index (κ3) is 4.71. The van der Waals surface area contributed by atoms with Crippen LogP contribution in [0, 0.1) is 0 Å². The summed E-state index contributed by atoms with van der Waals surface area (Å²) < 4.78 is 5.98. The molecule has 0 aromatic heterocycles. The number of hydrogen-bond donors (Lipinski definition) is 2. The number of hydrogen-bond acceptors (Lipinski definition) is 2. The largest absolute Gasteiger partial charge is 0.490 e. The van der Waals surface area contributed by atoms with Gasteiger partial charge >= 0.3 is 0 Å². The van der Waals surface area contributed by atoms with Gasteiger partial charge in [-0.15, -0.1) is 0 Å². The Morgan fingerprint density at radius 3 is 2.38 bits per heavy atom. The lowest BCUT2D eigenvalue weighted by Gasteiger charge is -2.18. The molecule has 1 fully saturated rings. The zero-order valence-electron chi connectivity index (χ0n) is 14.0. The molecule has 0 bridgehead atoms. The lowest BCUT2D eigenvalue weighted by molar-refractivity contribution is 0.210. The highest BCUT2D eigenvalue weighted by molar-refractivity contribution is 7.80. The third-order valence-electron chi connectivity index (χ3n) is 4.36. The zero-order valence-corrected chi connectivity index (χ0v) is 14.8. The molecule has 1 atom stereocenters. The molecule has 2 aromatic carbocycles. The average Bonchev–Trinajstić information content (AvgIpc) is 3.10. The van der Waals surface area contributed by atoms with E-state index < -0.39 is 0 Å². The SMILES string of the molecule is C[C@@H](NC(=S)Nc1ccc(OC2CCCC2)cc1)c1ccccc1. The van der Waals surface area contributed by atoms with Crippen molar-refractivity contribution in [3.63, 3.8) is 0 Å². The summed E-state index contributed by atoms with van der Waals surface area (Å²) >= 11 is 5.41. The first-order valence-corrected chi connectivity index (χ1v) is 9.01.